The fraction of sp³-hybridized carbons (Fsp3) is 0.526. The fourth-order valence-electron chi connectivity index (χ4n) is 3.26. The van der Waals surface area contributed by atoms with Crippen molar-refractivity contribution in [2.24, 2.45) is 5.92 Å². The molecule has 2 aromatic rings. The third-order valence-corrected chi connectivity index (χ3v) is 4.74. The summed E-state index contributed by atoms with van der Waals surface area (Å²) in [4.78, 5) is 14.4. The van der Waals surface area contributed by atoms with Crippen LogP contribution in [0.5, 0.6) is 0 Å². The second kappa shape index (κ2) is 7.45. The molecule has 0 saturated carbocycles. The first kappa shape index (κ1) is 17.8. The summed E-state index contributed by atoms with van der Waals surface area (Å²) in [5, 5.41) is 13.4. The Morgan fingerprint density at radius 1 is 1.40 bits per heavy atom. The van der Waals surface area contributed by atoms with Gasteiger partial charge in [-0.25, -0.2) is 4.79 Å². The summed E-state index contributed by atoms with van der Waals surface area (Å²) >= 11 is 0. The van der Waals surface area contributed by atoms with Gasteiger partial charge in [0.1, 0.15) is 11.3 Å². The van der Waals surface area contributed by atoms with Gasteiger partial charge in [0, 0.05) is 17.5 Å². The number of para-hydroxylation sites is 1. The number of amides is 2. The summed E-state index contributed by atoms with van der Waals surface area (Å²) in [6.45, 7) is 7.42. The Bertz CT molecular complexity index is 740. The molecule has 1 aliphatic rings. The summed E-state index contributed by atoms with van der Waals surface area (Å²) in [5.74, 6) is 0.981. The van der Waals surface area contributed by atoms with Crippen molar-refractivity contribution >= 4 is 17.0 Å². The Kier molecular flexibility index (Phi) is 5.30. The van der Waals surface area contributed by atoms with Gasteiger partial charge in [-0.05, 0) is 18.9 Å². The molecule has 0 spiro atoms. The molecule has 2 heterocycles. The number of nitrogens with one attached hydrogen (secondary N) is 1. The highest BCUT2D eigenvalue weighted by molar-refractivity contribution is 5.82. The van der Waals surface area contributed by atoms with E-state index in [9.17, 15) is 9.90 Å². The zero-order chi connectivity index (χ0) is 18.0. The lowest BCUT2D eigenvalue weighted by Crippen LogP contribution is -2.51. The van der Waals surface area contributed by atoms with E-state index in [1.165, 1.54) is 0 Å². The van der Waals surface area contributed by atoms with Gasteiger partial charge >= 0.3 is 6.03 Å². The minimum atomic E-state index is -0.315. The predicted octanol–water partition coefficient (Wildman–Crippen LogP) is 2.84. The Balaban J connectivity index is 1.81. The first-order chi connectivity index (χ1) is 12.0. The van der Waals surface area contributed by atoms with Gasteiger partial charge < -0.3 is 24.5 Å². The minimum absolute atomic E-state index is 0.0833. The molecule has 6 heteroatoms. The second-order valence-electron chi connectivity index (χ2n) is 6.88. The van der Waals surface area contributed by atoms with Gasteiger partial charge in [0.15, 0.2) is 0 Å². The number of urea groups is 1. The molecule has 2 atom stereocenters. The van der Waals surface area contributed by atoms with Gasteiger partial charge in [0.05, 0.1) is 31.9 Å². The van der Waals surface area contributed by atoms with Crippen LogP contribution in [0.1, 0.15) is 31.2 Å². The number of aliphatic hydroxyl groups excluding tert-OH is 1. The molecule has 3 rings (SSSR count). The van der Waals surface area contributed by atoms with Gasteiger partial charge in [-0.3, -0.25) is 0 Å². The quantitative estimate of drug-likeness (QED) is 0.893. The highest BCUT2D eigenvalue weighted by Gasteiger charge is 2.29. The molecule has 25 heavy (non-hydrogen) atoms. The standard InChI is InChI=1S/C19H26N2O4/c1-12(2)17(18-13(3)15-6-4-5-7-16(15)25-18)20-19(23)21-8-9-24-14(10-21)11-22/h4-7,12,14,17,22H,8-11H2,1-3H3,(H,20,23)/t14-,17-/m0/s1. The molecule has 1 saturated heterocycles. The van der Waals surface area contributed by atoms with Crippen molar-refractivity contribution in [3.63, 3.8) is 0 Å². The number of ether oxygens (including phenoxy) is 1. The molecule has 1 fully saturated rings. The highest BCUT2D eigenvalue weighted by Crippen LogP contribution is 2.32. The van der Waals surface area contributed by atoms with E-state index in [0.717, 1.165) is 22.3 Å². The molecule has 2 amide bonds. The number of hydrogen-bond donors (Lipinski definition) is 2. The molecular weight excluding hydrogens is 320 g/mol. The van der Waals surface area contributed by atoms with E-state index < -0.39 is 0 Å². The number of aryl methyl sites for hydroxylation is 1. The molecule has 0 radical (unpaired) electrons. The minimum Gasteiger partial charge on any atom is -0.459 e. The fourth-order valence-corrected chi connectivity index (χ4v) is 3.26. The Morgan fingerprint density at radius 2 is 2.16 bits per heavy atom. The molecule has 6 nitrogen and oxygen atoms in total. The average molecular weight is 346 g/mol. The zero-order valence-corrected chi connectivity index (χ0v) is 15.0. The molecule has 136 valence electrons. The van der Waals surface area contributed by atoms with Crippen molar-refractivity contribution in [2.45, 2.75) is 32.9 Å². The van der Waals surface area contributed by atoms with Crippen LogP contribution in [0.4, 0.5) is 4.79 Å². The van der Waals surface area contributed by atoms with Gasteiger partial charge in [0.25, 0.3) is 0 Å². The maximum atomic E-state index is 12.7. The van der Waals surface area contributed by atoms with Crippen LogP contribution in [-0.2, 0) is 4.74 Å². The number of furan rings is 1. The van der Waals surface area contributed by atoms with Crippen molar-refractivity contribution in [2.75, 3.05) is 26.3 Å². The first-order valence-corrected chi connectivity index (χ1v) is 8.77. The molecule has 1 aliphatic heterocycles. The average Bonchev–Trinajstić information content (AvgIpc) is 2.96. The lowest BCUT2D eigenvalue weighted by atomic mass is 9.98. The Labute approximate surface area is 147 Å². The van der Waals surface area contributed by atoms with Crippen LogP contribution in [0.15, 0.2) is 28.7 Å². The molecule has 2 N–H and O–H groups in total. The van der Waals surface area contributed by atoms with E-state index in [1.54, 1.807) is 4.90 Å². The Hall–Kier alpha value is -2.05. The van der Waals surface area contributed by atoms with Crippen LogP contribution in [0.3, 0.4) is 0 Å². The monoisotopic (exact) mass is 346 g/mol. The van der Waals surface area contributed by atoms with Gasteiger partial charge in [-0.15, -0.1) is 0 Å². The summed E-state index contributed by atoms with van der Waals surface area (Å²) < 4.78 is 11.5. The number of nitrogens with zero attached hydrogens (tertiary/aromatic N) is 1. The summed E-state index contributed by atoms with van der Waals surface area (Å²) in [7, 11) is 0. The van der Waals surface area contributed by atoms with E-state index >= 15 is 0 Å². The molecule has 0 unspecified atom stereocenters. The summed E-state index contributed by atoms with van der Waals surface area (Å²) in [5.41, 5.74) is 1.89. The normalized spacial score (nSPS) is 19.4. The number of rotatable bonds is 4. The van der Waals surface area contributed by atoms with Gasteiger partial charge in [-0.1, -0.05) is 32.0 Å². The highest BCUT2D eigenvalue weighted by atomic mass is 16.5. The molecule has 1 aromatic carbocycles. The van der Waals surface area contributed by atoms with E-state index in [0.29, 0.717) is 19.7 Å². The lowest BCUT2D eigenvalue weighted by molar-refractivity contribution is -0.0407. The molecular formula is C19H26N2O4. The topological polar surface area (TPSA) is 74.9 Å². The van der Waals surface area contributed by atoms with E-state index in [4.69, 9.17) is 9.15 Å². The maximum absolute atomic E-state index is 12.7. The van der Waals surface area contributed by atoms with Crippen molar-refractivity contribution in [1.29, 1.82) is 0 Å². The SMILES string of the molecule is Cc1c([C@@H](NC(=O)N2CCO[C@H](CO)C2)C(C)C)oc2ccccc12. The second-order valence-corrected chi connectivity index (χ2v) is 6.88. The Morgan fingerprint density at radius 3 is 2.84 bits per heavy atom. The van der Waals surface area contributed by atoms with Gasteiger partial charge in [0.2, 0.25) is 0 Å². The van der Waals surface area contributed by atoms with Gasteiger partial charge in [-0.2, -0.15) is 0 Å². The van der Waals surface area contributed by atoms with Crippen LogP contribution in [-0.4, -0.2) is 48.4 Å². The van der Waals surface area contributed by atoms with Crippen LogP contribution >= 0.6 is 0 Å². The van der Waals surface area contributed by atoms with Crippen LogP contribution in [0.25, 0.3) is 11.0 Å². The number of fused-ring (bicyclic) bond motifs is 1. The van der Waals surface area contributed by atoms with Crippen molar-refractivity contribution in [1.82, 2.24) is 10.2 Å². The largest absolute Gasteiger partial charge is 0.459 e. The van der Waals surface area contributed by atoms with Crippen LogP contribution < -0.4 is 5.32 Å². The van der Waals surface area contributed by atoms with Crippen molar-refractivity contribution < 1.29 is 19.1 Å². The third kappa shape index (κ3) is 3.65. The molecule has 0 aliphatic carbocycles. The number of benzene rings is 1. The van der Waals surface area contributed by atoms with Crippen molar-refractivity contribution in [3.8, 4) is 0 Å². The lowest BCUT2D eigenvalue weighted by Gasteiger charge is -2.33. The number of carbonyl (C=O) groups is 1. The van der Waals surface area contributed by atoms with Crippen LogP contribution in [0, 0.1) is 12.8 Å². The molecule has 1 aromatic heterocycles. The smallest absolute Gasteiger partial charge is 0.318 e. The molecule has 0 bridgehead atoms. The number of carbonyl (C=O) groups excluding carboxylic acids is 1. The number of morpholine rings is 1. The summed E-state index contributed by atoms with van der Waals surface area (Å²) in [6, 6.07) is 7.54. The third-order valence-electron chi connectivity index (χ3n) is 4.74. The maximum Gasteiger partial charge on any atom is 0.318 e. The van der Waals surface area contributed by atoms with E-state index in [-0.39, 0.29) is 30.7 Å². The van der Waals surface area contributed by atoms with Crippen LogP contribution in [0.2, 0.25) is 0 Å². The van der Waals surface area contributed by atoms with Crippen molar-refractivity contribution in [3.05, 3.63) is 35.6 Å². The zero-order valence-electron chi connectivity index (χ0n) is 15.0. The summed E-state index contributed by atoms with van der Waals surface area (Å²) in [6.07, 6.45) is -0.315. The predicted molar refractivity (Wildman–Crippen MR) is 95.5 cm³/mol. The number of hydrogen-bond acceptors (Lipinski definition) is 4. The first-order valence-electron chi connectivity index (χ1n) is 8.77. The number of aliphatic hydroxyl groups is 1. The van der Waals surface area contributed by atoms with E-state index in [2.05, 4.69) is 19.2 Å². The van der Waals surface area contributed by atoms with E-state index in [1.807, 2.05) is 31.2 Å².